The first kappa shape index (κ1) is 15.0. The topological polar surface area (TPSA) is 33.2 Å². The van der Waals surface area contributed by atoms with E-state index in [0.717, 1.165) is 40.8 Å². The van der Waals surface area contributed by atoms with Crippen LogP contribution in [0.3, 0.4) is 0 Å². The molecule has 1 amide bonds. The van der Waals surface area contributed by atoms with Crippen LogP contribution in [0.5, 0.6) is 0 Å². The molecule has 1 aliphatic rings. The van der Waals surface area contributed by atoms with Gasteiger partial charge in [-0.25, -0.2) is 0 Å². The van der Waals surface area contributed by atoms with Crippen molar-refractivity contribution in [3.63, 3.8) is 0 Å². The van der Waals surface area contributed by atoms with Crippen LogP contribution in [0.1, 0.15) is 41.9 Å². The van der Waals surface area contributed by atoms with Gasteiger partial charge in [-0.15, -0.1) is 0 Å². The normalized spacial score (nSPS) is 22.1. The average molecular weight is 296 g/mol. The zero-order chi connectivity index (χ0) is 15.9. The lowest BCUT2D eigenvalue weighted by Gasteiger charge is -2.35. The number of fused-ring (bicyclic) bond motifs is 1. The van der Waals surface area contributed by atoms with Gasteiger partial charge in [-0.1, -0.05) is 25.5 Å². The van der Waals surface area contributed by atoms with Crippen molar-refractivity contribution in [2.24, 2.45) is 11.8 Å². The molecule has 2 aromatic rings. The number of aryl methyl sites for hydroxylation is 2. The maximum atomic E-state index is 13.1. The molecule has 3 rings (SSSR count). The quantitative estimate of drug-likeness (QED) is 0.797. The zero-order valence-corrected chi connectivity index (χ0v) is 13.9. The van der Waals surface area contributed by atoms with Crippen LogP contribution in [0, 0.1) is 25.7 Å². The second-order valence-electron chi connectivity index (χ2n) is 6.99. The van der Waals surface area contributed by atoms with Crippen LogP contribution in [-0.2, 0) is 0 Å². The molecular weight excluding hydrogens is 272 g/mol. The van der Waals surface area contributed by atoms with Crippen molar-refractivity contribution in [1.29, 1.82) is 0 Å². The maximum Gasteiger partial charge on any atom is 0.254 e. The van der Waals surface area contributed by atoms with Crippen LogP contribution >= 0.6 is 0 Å². The number of hydrogen-bond acceptors (Lipinski definition) is 2. The van der Waals surface area contributed by atoms with Crippen molar-refractivity contribution in [2.45, 2.75) is 34.1 Å². The fourth-order valence-corrected chi connectivity index (χ4v) is 3.65. The molecule has 3 heteroatoms. The lowest BCUT2D eigenvalue weighted by Crippen LogP contribution is -2.42. The van der Waals surface area contributed by atoms with E-state index in [2.05, 4.69) is 31.8 Å². The van der Waals surface area contributed by atoms with Gasteiger partial charge in [0.1, 0.15) is 0 Å². The molecule has 1 aromatic heterocycles. The summed E-state index contributed by atoms with van der Waals surface area (Å²) in [5.74, 6) is 1.30. The molecule has 22 heavy (non-hydrogen) atoms. The highest BCUT2D eigenvalue weighted by Gasteiger charge is 2.27. The Kier molecular flexibility index (Phi) is 3.90. The average Bonchev–Trinajstić information content (AvgIpc) is 2.45. The van der Waals surface area contributed by atoms with Crippen molar-refractivity contribution in [3.8, 4) is 0 Å². The number of nitrogens with zero attached hydrogens (tertiary/aromatic N) is 2. The van der Waals surface area contributed by atoms with Gasteiger partial charge in [0, 0.05) is 24.2 Å². The smallest absolute Gasteiger partial charge is 0.254 e. The molecule has 0 N–H and O–H groups in total. The van der Waals surface area contributed by atoms with Crippen LogP contribution in [-0.4, -0.2) is 28.9 Å². The van der Waals surface area contributed by atoms with E-state index in [0.29, 0.717) is 11.8 Å². The number of piperidine rings is 1. The number of pyridine rings is 1. The summed E-state index contributed by atoms with van der Waals surface area (Å²) in [6.45, 7) is 10.2. The highest BCUT2D eigenvalue weighted by molar-refractivity contribution is 6.06. The van der Waals surface area contributed by atoms with Crippen molar-refractivity contribution >= 4 is 16.8 Å². The molecule has 0 saturated carbocycles. The predicted octanol–water partition coefficient (Wildman–Crippen LogP) is 3.97. The Labute approximate surface area is 132 Å². The Morgan fingerprint density at radius 2 is 1.82 bits per heavy atom. The molecule has 116 valence electrons. The van der Waals surface area contributed by atoms with Crippen molar-refractivity contribution in [2.75, 3.05) is 13.1 Å². The van der Waals surface area contributed by atoms with Crippen LogP contribution in [0.15, 0.2) is 24.3 Å². The molecule has 0 spiro atoms. The Morgan fingerprint density at radius 1 is 1.14 bits per heavy atom. The number of aromatic nitrogens is 1. The summed E-state index contributed by atoms with van der Waals surface area (Å²) in [6, 6.07) is 8.07. The Morgan fingerprint density at radius 3 is 2.50 bits per heavy atom. The highest BCUT2D eigenvalue weighted by atomic mass is 16.2. The van der Waals surface area contributed by atoms with Crippen LogP contribution in [0.2, 0.25) is 0 Å². The van der Waals surface area contributed by atoms with Gasteiger partial charge in [0.15, 0.2) is 0 Å². The SMILES string of the molecule is Cc1ccc2nc(C)cc(C(=O)N3CC(C)CC(C)C3)c2c1. The van der Waals surface area contributed by atoms with Gasteiger partial charge >= 0.3 is 0 Å². The van der Waals surface area contributed by atoms with E-state index in [9.17, 15) is 4.79 Å². The molecule has 0 bridgehead atoms. The van der Waals surface area contributed by atoms with E-state index >= 15 is 0 Å². The van der Waals surface area contributed by atoms with Crippen LogP contribution in [0.25, 0.3) is 10.9 Å². The van der Waals surface area contributed by atoms with Gasteiger partial charge in [0.05, 0.1) is 11.1 Å². The third kappa shape index (κ3) is 2.85. The standard InChI is InChI=1S/C19H24N2O/c1-12-5-6-18-16(8-12)17(9-15(4)20-18)19(22)21-10-13(2)7-14(3)11-21/h5-6,8-9,13-14H,7,10-11H2,1-4H3. The first-order chi connectivity index (χ1) is 10.4. The van der Waals surface area contributed by atoms with E-state index in [1.807, 2.05) is 30.0 Å². The van der Waals surface area contributed by atoms with Crippen molar-refractivity contribution in [1.82, 2.24) is 9.88 Å². The molecule has 0 aliphatic carbocycles. The van der Waals surface area contributed by atoms with E-state index < -0.39 is 0 Å². The molecule has 0 radical (unpaired) electrons. The lowest BCUT2D eigenvalue weighted by atomic mass is 9.91. The summed E-state index contributed by atoms with van der Waals surface area (Å²) in [7, 11) is 0. The molecule has 3 nitrogen and oxygen atoms in total. The predicted molar refractivity (Wildman–Crippen MR) is 90.1 cm³/mol. The van der Waals surface area contributed by atoms with Gasteiger partial charge in [-0.3, -0.25) is 9.78 Å². The van der Waals surface area contributed by atoms with E-state index in [-0.39, 0.29) is 5.91 Å². The summed E-state index contributed by atoms with van der Waals surface area (Å²) in [5, 5.41) is 0.974. The first-order valence-electron chi connectivity index (χ1n) is 8.11. The zero-order valence-electron chi connectivity index (χ0n) is 13.9. The molecule has 1 saturated heterocycles. The van der Waals surface area contributed by atoms with Crippen molar-refractivity contribution in [3.05, 3.63) is 41.1 Å². The summed E-state index contributed by atoms with van der Waals surface area (Å²) >= 11 is 0. The second kappa shape index (κ2) is 5.71. The third-order valence-corrected chi connectivity index (χ3v) is 4.48. The minimum Gasteiger partial charge on any atom is -0.338 e. The largest absolute Gasteiger partial charge is 0.338 e. The molecule has 2 heterocycles. The summed E-state index contributed by atoms with van der Waals surface area (Å²) in [6.07, 6.45) is 1.21. The fraction of sp³-hybridized carbons (Fsp3) is 0.474. The maximum absolute atomic E-state index is 13.1. The number of carbonyl (C=O) groups is 1. The van der Waals surface area contributed by atoms with Gasteiger partial charge in [-0.05, 0) is 50.3 Å². The minimum absolute atomic E-state index is 0.152. The Balaban J connectivity index is 2.05. The monoisotopic (exact) mass is 296 g/mol. The van der Waals surface area contributed by atoms with Gasteiger partial charge in [0.2, 0.25) is 0 Å². The van der Waals surface area contributed by atoms with E-state index in [1.165, 1.54) is 6.42 Å². The molecule has 1 fully saturated rings. The number of likely N-dealkylation sites (tertiary alicyclic amines) is 1. The van der Waals surface area contributed by atoms with Gasteiger partial charge < -0.3 is 4.90 Å². The first-order valence-corrected chi connectivity index (χ1v) is 8.11. The molecular formula is C19H24N2O. The van der Waals surface area contributed by atoms with Crippen molar-refractivity contribution < 1.29 is 4.79 Å². The number of rotatable bonds is 1. The summed E-state index contributed by atoms with van der Waals surface area (Å²) in [5.41, 5.74) is 3.77. The number of benzene rings is 1. The van der Waals surface area contributed by atoms with E-state index in [4.69, 9.17) is 0 Å². The molecule has 1 aromatic carbocycles. The highest BCUT2D eigenvalue weighted by Crippen LogP contribution is 2.26. The minimum atomic E-state index is 0.152. The molecule has 2 atom stereocenters. The van der Waals surface area contributed by atoms with E-state index in [1.54, 1.807) is 0 Å². The molecule has 1 aliphatic heterocycles. The Bertz CT molecular complexity index is 713. The van der Waals surface area contributed by atoms with Gasteiger partial charge in [-0.2, -0.15) is 0 Å². The second-order valence-corrected chi connectivity index (χ2v) is 6.99. The van der Waals surface area contributed by atoms with Crippen LogP contribution in [0.4, 0.5) is 0 Å². The third-order valence-electron chi connectivity index (χ3n) is 4.48. The van der Waals surface area contributed by atoms with Gasteiger partial charge in [0.25, 0.3) is 5.91 Å². The number of hydrogen-bond donors (Lipinski definition) is 0. The Hall–Kier alpha value is -1.90. The summed E-state index contributed by atoms with van der Waals surface area (Å²) < 4.78 is 0. The number of carbonyl (C=O) groups excluding carboxylic acids is 1. The number of amides is 1. The van der Waals surface area contributed by atoms with Crippen LogP contribution < -0.4 is 0 Å². The lowest BCUT2D eigenvalue weighted by molar-refractivity contribution is 0.0625. The summed E-state index contributed by atoms with van der Waals surface area (Å²) in [4.78, 5) is 19.7. The molecule has 2 unspecified atom stereocenters. The fourth-order valence-electron chi connectivity index (χ4n) is 3.65.